The van der Waals surface area contributed by atoms with Crippen LogP contribution in [0, 0.1) is 0 Å². The molecule has 0 saturated carbocycles. The molecule has 0 saturated heterocycles. The van der Waals surface area contributed by atoms with Gasteiger partial charge < -0.3 is 10.8 Å². The summed E-state index contributed by atoms with van der Waals surface area (Å²) in [5.74, 6) is 0. The van der Waals surface area contributed by atoms with Crippen molar-refractivity contribution in [3.05, 3.63) is 65.2 Å². The zero-order chi connectivity index (χ0) is 18.2. The second kappa shape index (κ2) is 6.01. The minimum Gasteiger partial charge on any atom is -0.398 e. The van der Waals surface area contributed by atoms with Crippen LogP contribution in [0.2, 0.25) is 0 Å². The third-order valence-corrected chi connectivity index (χ3v) is 3.62. The Morgan fingerprint density at radius 3 is 1.88 bits per heavy atom. The highest BCUT2D eigenvalue weighted by molar-refractivity contribution is 5.52. The number of halogens is 6. The summed E-state index contributed by atoms with van der Waals surface area (Å²) < 4.78 is 77.7. The van der Waals surface area contributed by atoms with Gasteiger partial charge in [-0.15, -0.1) is 0 Å². The molecule has 0 aliphatic carbocycles. The molecule has 0 radical (unpaired) electrons. The summed E-state index contributed by atoms with van der Waals surface area (Å²) in [4.78, 5) is 0. The molecule has 24 heavy (non-hydrogen) atoms. The predicted molar refractivity (Wildman–Crippen MR) is 76.1 cm³/mol. The molecule has 3 N–H and O–H groups in total. The number of hydrogen-bond donors (Lipinski definition) is 2. The molecule has 0 unspecified atom stereocenters. The summed E-state index contributed by atoms with van der Waals surface area (Å²) in [5, 5.41) is 9.45. The van der Waals surface area contributed by atoms with E-state index in [0.717, 1.165) is 6.07 Å². The van der Waals surface area contributed by atoms with E-state index in [9.17, 15) is 31.4 Å². The van der Waals surface area contributed by atoms with E-state index in [-0.39, 0.29) is 17.7 Å². The lowest BCUT2D eigenvalue weighted by molar-refractivity contribution is -0.376. The van der Waals surface area contributed by atoms with Gasteiger partial charge in [-0.2, -0.15) is 26.3 Å². The number of benzene rings is 2. The number of aliphatic hydroxyl groups is 1. The molecule has 2 aromatic carbocycles. The van der Waals surface area contributed by atoms with E-state index in [0.29, 0.717) is 17.7 Å². The average Bonchev–Trinajstić information content (AvgIpc) is 2.47. The Hall–Kier alpha value is -2.22. The van der Waals surface area contributed by atoms with Gasteiger partial charge in [-0.3, -0.25) is 0 Å². The van der Waals surface area contributed by atoms with Crippen LogP contribution in [0.3, 0.4) is 0 Å². The zero-order valence-corrected chi connectivity index (χ0v) is 12.1. The largest absolute Gasteiger partial charge is 0.430 e. The Labute approximate surface area is 133 Å². The minimum atomic E-state index is -5.93. The molecule has 130 valence electrons. The second-order valence-corrected chi connectivity index (χ2v) is 5.28. The molecule has 0 fully saturated rings. The smallest absolute Gasteiger partial charge is 0.398 e. The van der Waals surface area contributed by atoms with Crippen LogP contribution in [0.1, 0.15) is 16.7 Å². The maximum atomic E-state index is 12.9. The minimum absolute atomic E-state index is 0.0340. The molecule has 0 aliphatic rings. The summed E-state index contributed by atoms with van der Waals surface area (Å²) in [6.07, 6.45) is -11.8. The van der Waals surface area contributed by atoms with Crippen molar-refractivity contribution in [1.82, 2.24) is 0 Å². The van der Waals surface area contributed by atoms with Crippen LogP contribution in [0.15, 0.2) is 48.5 Å². The van der Waals surface area contributed by atoms with Gasteiger partial charge >= 0.3 is 12.4 Å². The first-order chi connectivity index (χ1) is 11.0. The van der Waals surface area contributed by atoms with Crippen molar-refractivity contribution in [2.75, 3.05) is 5.73 Å². The van der Waals surface area contributed by atoms with Gasteiger partial charge in [0, 0.05) is 11.3 Å². The van der Waals surface area contributed by atoms with Crippen molar-refractivity contribution in [2.24, 2.45) is 0 Å². The van der Waals surface area contributed by atoms with Gasteiger partial charge in [0.2, 0.25) is 0 Å². The third kappa shape index (κ3) is 3.19. The standard InChI is InChI=1S/C16H13F6NO/c17-15(18,19)14(24,16(20,21)22)12-6-7-13(23)11(9-12)8-10-4-2-1-3-5-10/h1-7,9,24H,8,23H2. The first-order valence-electron chi connectivity index (χ1n) is 6.75. The maximum Gasteiger partial charge on any atom is 0.430 e. The molecule has 0 amide bonds. The molecular formula is C16H13F6NO. The number of rotatable bonds is 3. The van der Waals surface area contributed by atoms with Gasteiger partial charge in [0.1, 0.15) is 0 Å². The van der Waals surface area contributed by atoms with Gasteiger partial charge in [-0.1, -0.05) is 36.4 Å². The Balaban J connectivity index is 2.53. The highest BCUT2D eigenvalue weighted by Crippen LogP contribution is 2.50. The number of hydrogen-bond acceptors (Lipinski definition) is 2. The van der Waals surface area contributed by atoms with Crippen molar-refractivity contribution >= 4 is 5.69 Å². The van der Waals surface area contributed by atoms with Crippen LogP contribution >= 0.6 is 0 Å². The summed E-state index contributed by atoms with van der Waals surface area (Å²) in [6.45, 7) is 0. The molecule has 0 bridgehead atoms. The van der Waals surface area contributed by atoms with Crippen molar-refractivity contribution in [3.63, 3.8) is 0 Å². The Morgan fingerprint density at radius 2 is 1.38 bits per heavy atom. The fourth-order valence-electron chi connectivity index (χ4n) is 2.29. The summed E-state index contributed by atoms with van der Waals surface area (Å²) >= 11 is 0. The highest BCUT2D eigenvalue weighted by Gasteiger charge is 2.71. The summed E-state index contributed by atoms with van der Waals surface area (Å²) in [7, 11) is 0. The molecule has 2 rings (SSSR count). The van der Waals surface area contributed by atoms with E-state index in [1.165, 1.54) is 0 Å². The lowest BCUT2D eigenvalue weighted by atomic mass is 9.89. The molecular weight excluding hydrogens is 336 g/mol. The van der Waals surface area contributed by atoms with Crippen molar-refractivity contribution in [3.8, 4) is 0 Å². The summed E-state index contributed by atoms with van der Waals surface area (Å²) in [6, 6.07) is 10.5. The van der Waals surface area contributed by atoms with Crippen LogP contribution in [0.25, 0.3) is 0 Å². The molecule has 8 heteroatoms. The van der Waals surface area contributed by atoms with E-state index in [1.807, 2.05) is 0 Å². The molecule has 2 nitrogen and oxygen atoms in total. The van der Waals surface area contributed by atoms with Crippen LogP contribution in [-0.2, 0) is 12.0 Å². The first-order valence-corrected chi connectivity index (χ1v) is 6.75. The lowest BCUT2D eigenvalue weighted by Gasteiger charge is -2.33. The fraction of sp³-hybridized carbons (Fsp3) is 0.250. The number of anilines is 1. The lowest BCUT2D eigenvalue weighted by Crippen LogP contribution is -2.54. The van der Waals surface area contributed by atoms with Crippen LogP contribution in [-0.4, -0.2) is 17.5 Å². The fourth-order valence-corrected chi connectivity index (χ4v) is 2.29. The molecule has 2 aromatic rings. The average molecular weight is 349 g/mol. The zero-order valence-electron chi connectivity index (χ0n) is 12.1. The van der Waals surface area contributed by atoms with Crippen LogP contribution in [0.5, 0.6) is 0 Å². The monoisotopic (exact) mass is 349 g/mol. The van der Waals surface area contributed by atoms with Crippen LogP contribution < -0.4 is 5.73 Å². The number of nitrogens with two attached hydrogens (primary N) is 1. The van der Waals surface area contributed by atoms with Gasteiger partial charge in [-0.05, 0) is 29.7 Å². The maximum absolute atomic E-state index is 12.9. The van der Waals surface area contributed by atoms with E-state index in [4.69, 9.17) is 5.73 Å². The van der Waals surface area contributed by atoms with Crippen molar-refractivity contribution < 1.29 is 31.4 Å². The molecule has 0 aliphatic heterocycles. The summed E-state index contributed by atoms with van der Waals surface area (Å²) in [5.41, 5.74) is 0.132. The van der Waals surface area contributed by atoms with E-state index in [2.05, 4.69) is 0 Å². The van der Waals surface area contributed by atoms with Gasteiger partial charge in [0.25, 0.3) is 5.60 Å². The van der Waals surface area contributed by atoms with Gasteiger partial charge in [0.05, 0.1) is 0 Å². The van der Waals surface area contributed by atoms with Crippen molar-refractivity contribution in [1.29, 1.82) is 0 Å². The first kappa shape index (κ1) is 18.1. The molecule has 0 atom stereocenters. The van der Waals surface area contributed by atoms with Gasteiger partial charge in [-0.25, -0.2) is 0 Å². The SMILES string of the molecule is Nc1ccc(C(O)(C(F)(F)F)C(F)(F)F)cc1Cc1ccccc1. The Morgan fingerprint density at radius 1 is 0.833 bits per heavy atom. The normalized spacial score (nSPS) is 13.1. The molecule has 0 spiro atoms. The molecule has 0 aromatic heterocycles. The third-order valence-electron chi connectivity index (χ3n) is 3.62. The number of nitrogen functional groups attached to an aromatic ring is 1. The van der Waals surface area contributed by atoms with Gasteiger partial charge in [0.15, 0.2) is 0 Å². The topological polar surface area (TPSA) is 46.2 Å². The van der Waals surface area contributed by atoms with E-state index < -0.39 is 23.5 Å². The highest BCUT2D eigenvalue weighted by atomic mass is 19.4. The van der Waals surface area contributed by atoms with E-state index >= 15 is 0 Å². The van der Waals surface area contributed by atoms with Crippen molar-refractivity contribution in [2.45, 2.75) is 24.4 Å². The quantitative estimate of drug-likeness (QED) is 0.645. The predicted octanol–water partition coefficient (Wildman–Crippen LogP) is 4.17. The second-order valence-electron chi connectivity index (χ2n) is 5.28. The Bertz CT molecular complexity index is 695. The van der Waals surface area contributed by atoms with E-state index in [1.54, 1.807) is 30.3 Å². The Kier molecular flexibility index (Phi) is 4.54. The number of alkyl halides is 6. The van der Waals surface area contributed by atoms with Crippen LogP contribution in [0.4, 0.5) is 32.0 Å². The molecule has 0 heterocycles.